The highest BCUT2D eigenvalue weighted by atomic mass is 16.3. The standard InChI is InChI=1S/C15H16N2O2/c1-10-13(4-3-5-14(10)18)15(19)17-11(2)12-6-8-16-9-7-12/h3-9,11,18H,1-2H3,(H,17,19). The summed E-state index contributed by atoms with van der Waals surface area (Å²) in [5.41, 5.74) is 2.06. The van der Waals surface area contributed by atoms with Crippen LogP contribution in [0.3, 0.4) is 0 Å². The summed E-state index contributed by atoms with van der Waals surface area (Å²) in [5.74, 6) is -0.0677. The first-order valence-electron chi connectivity index (χ1n) is 6.09. The number of nitrogens with zero attached hydrogens (tertiary/aromatic N) is 1. The molecule has 0 fully saturated rings. The molecule has 4 nitrogen and oxygen atoms in total. The summed E-state index contributed by atoms with van der Waals surface area (Å²) in [6.45, 7) is 3.63. The lowest BCUT2D eigenvalue weighted by atomic mass is 10.1. The molecule has 1 atom stereocenters. The molecule has 0 aliphatic rings. The molecule has 4 heteroatoms. The zero-order valence-corrected chi connectivity index (χ0v) is 10.9. The van der Waals surface area contributed by atoms with E-state index in [1.54, 1.807) is 37.5 Å². The third-order valence-corrected chi connectivity index (χ3v) is 3.10. The first-order chi connectivity index (χ1) is 9.09. The molecule has 0 saturated heterocycles. The Hall–Kier alpha value is -2.36. The minimum atomic E-state index is -0.197. The van der Waals surface area contributed by atoms with Gasteiger partial charge in [0, 0.05) is 23.5 Å². The number of aromatic nitrogens is 1. The maximum atomic E-state index is 12.2. The molecule has 0 bridgehead atoms. The van der Waals surface area contributed by atoms with Gasteiger partial charge in [-0.15, -0.1) is 0 Å². The number of pyridine rings is 1. The minimum absolute atomic E-state index is 0.114. The maximum absolute atomic E-state index is 12.2. The molecule has 19 heavy (non-hydrogen) atoms. The Labute approximate surface area is 112 Å². The SMILES string of the molecule is Cc1c(O)cccc1C(=O)NC(C)c1ccncc1. The van der Waals surface area contributed by atoms with Crippen molar-refractivity contribution in [1.82, 2.24) is 10.3 Å². The second-order valence-corrected chi connectivity index (χ2v) is 4.43. The second kappa shape index (κ2) is 5.52. The van der Waals surface area contributed by atoms with Crippen molar-refractivity contribution >= 4 is 5.91 Å². The number of carbonyl (C=O) groups excluding carboxylic acids is 1. The first-order valence-corrected chi connectivity index (χ1v) is 6.09. The van der Waals surface area contributed by atoms with Crippen molar-refractivity contribution in [2.45, 2.75) is 19.9 Å². The van der Waals surface area contributed by atoms with E-state index in [1.807, 2.05) is 19.1 Å². The largest absolute Gasteiger partial charge is 0.508 e. The van der Waals surface area contributed by atoms with Crippen LogP contribution in [-0.4, -0.2) is 16.0 Å². The average molecular weight is 256 g/mol. The lowest BCUT2D eigenvalue weighted by Crippen LogP contribution is -2.27. The number of phenols is 1. The normalized spacial score (nSPS) is 11.9. The van der Waals surface area contributed by atoms with Crippen molar-refractivity contribution in [1.29, 1.82) is 0 Å². The number of amides is 1. The molecule has 0 aliphatic heterocycles. The summed E-state index contributed by atoms with van der Waals surface area (Å²) in [6, 6.07) is 8.54. The topological polar surface area (TPSA) is 62.2 Å². The number of phenolic OH excluding ortho intramolecular Hbond substituents is 1. The molecular formula is C15H16N2O2. The van der Waals surface area contributed by atoms with E-state index in [0.29, 0.717) is 11.1 Å². The van der Waals surface area contributed by atoms with Gasteiger partial charge in [0.2, 0.25) is 0 Å². The Morgan fingerprint density at radius 1 is 1.26 bits per heavy atom. The fraction of sp³-hybridized carbons (Fsp3) is 0.200. The number of hydrogen-bond acceptors (Lipinski definition) is 3. The molecule has 1 heterocycles. The van der Waals surface area contributed by atoms with Crippen LogP contribution in [0, 0.1) is 6.92 Å². The number of nitrogens with one attached hydrogen (secondary N) is 1. The first kappa shape index (κ1) is 13.1. The molecule has 0 saturated carbocycles. The van der Waals surface area contributed by atoms with Crippen LogP contribution in [0.15, 0.2) is 42.7 Å². The highest BCUT2D eigenvalue weighted by molar-refractivity contribution is 5.96. The molecule has 2 aromatic rings. The lowest BCUT2D eigenvalue weighted by Gasteiger charge is -2.15. The van der Waals surface area contributed by atoms with Crippen molar-refractivity contribution in [3.63, 3.8) is 0 Å². The number of benzene rings is 1. The van der Waals surface area contributed by atoms with E-state index in [4.69, 9.17) is 0 Å². The summed E-state index contributed by atoms with van der Waals surface area (Å²) in [5, 5.41) is 12.5. The van der Waals surface area contributed by atoms with Crippen molar-refractivity contribution < 1.29 is 9.90 Å². The molecule has 0 spiro atoms. The van der Waals surface area contributed by atoms with Crippen LogP contribution in [0.2, 0.25) is 0 Å². The number of carbonyl (C=O) groups is 1. The van der Waals surface area contributed by atoms with Crippen LogP contribution in [-0.2, 0) is 0 Å². The van der Waals surface area contributed by atoms with E-state index in [-0.39, 0.29) is 17.7 Å². The van der Waals surface area contributed by atoms with Crippen LogP contribution in [0.4, 0.5) is 0 Å². The third-order valence-electron chi connectivity index (χ3n) is 3.10. The van der Waals surface area contributed by atoms with Gasteiger partial charge in [-0.1, -0.05) is 6.07 Å². The van der Waals surface area contributed by atoms with E-state index in [1.165, 1.54) is 0 Å². The van der Waals surface area contributed by atoms with E-state index in [2.05, 4.69) is 10.3 Å². The van der Waals surface area contributed by atoms with Gasteiger partial charge in [0.1, 0.15) is 5.75 Å². The smallest absolute Gasteiger partial charge is 0.252 e. The van der Waals surface area contributed by atoms with Crippen LogP contribution in [0.5, 0.6) is 5.75 Å². The summed E-state index contributed by atoms with van der Waals surface area (Å²) in [6.07, 6.45) is 3.38. The predicted molar refractivity (Wildman–Crippen MR) is 73.0 cm³/mol. The highest BCUT2D eigenvalue weighted by Gasteiger charge is 2.14. The maximum Gasteiger partial charge on any atom is 0.252 e. The predicted octanol–water partition coefficient (Wildman–Crippen LogP) is 2.59. The van der Waals surface area contributed by atoms with Gasteiger partial charge in [0.05, 0.1) is 6.04 Å². The number of rotatable bonds is 3. The van der Waals surface area contributed by atoms with Gasteiger partial charge in [0.25, 0.3) is 5.91 Å². The van der Waals surface area contributed by atoms with Crippen LogP contribution < -0.4 is 5.32 Å². The van der Waals surface area contributed by atoms with E-state index in [9.17, 15) is 9.90 Å². The Balaban J connectivity index is 2.16. The van der Waals surface area contributed by atoms with Gasteiger partial charge in [-0.2, -0.15) is 0 Å². The Morgan fingerprint density at radius 2 is 1.95 bits per heavy atom. The van der Waals surface area contributed by atoms with E-state index in [0.717, 1.165) is 5.56 Å². The molecule has 98 valence electrons. The van der Waals surface area contributed by atoms with Gasteiger partial charge in [-0.25, -0.2) is 0 Å². The summed E-state index contributed by atoms with van der Waals surface area (Å²) in [7, 11) is 0. The van der Waals surface area contributed by atoms with Crippen LogP contribution in [0.1, 0.15) is 34.5 Å². The van der Waals surface area contributed by atoms with Crippen LogP contribution >= 0.6 is 0 Å². The van der Waals surface area contributed by atoms with Gasteiger partial charge < -0.3 is 10.4 Å². The third kappa shape index (κ3) is 2.91. The lowest BCUT2D eigenvalue weighted by molar-refractivity contribution is 0.0939. The fourth-order valence-electron chi connectivity index (χ4n) is 1.88. The molecule has 1 amide bonds. The molecular weight excluding hydrogens is 240 g/mol. The van der Waals surface area contributed by atoms with Crippen molar-refractivity contribution in [3.05, 3.63) is 59.4 Å². The monoisotopic (exact) mass is 256 g/mol. The fourth-order valence-corrected chi connectivity index (χ4v) is 1.88. The molecule has 2 N–H and O–H groups in total. The van der Waals surface area contributed by atoms with Gasteiger partial charge in [0.15, 0.2) is 0 Å². The Kier molecular flexibility index (Phi) is 3.80. The number of hydrogen-bond donors (Lipinski definition) is 2. The average Bonchev–Trinajstić information content (AvgIpc) is 2.42. The second-order valence-electron chi connectivity index (χ2n) is 4.43. The Bertz CT molecular complexity index is 582. The zero-order chi connectivity index (χ0) is 13.8. The number of aromatic hydroxyl groups is 1. The quantitative estimate of drug-likeness (QED) is 0.887. The Morgan fingerprint density at radius 3 is 2.63 bits per heavy atom. The van der Waals surface area contributed by atoms with Crippen molar-refractivity contribution in [2.24, 2.45) is 0 Å². The van der Waals surface area contributed by atoms with Crippen LogP contribution in [0.25, 0.3) is 0 Å². The minimum Gasteiger partial charge on any atom is -0.508 e. The van der Waals surface area contributed by atoms with Gasteiger partial charge in [-0.05, 0) is 43.7 Å². The van der Waals surface area contributed by atoms with Crippen molar-refractivity contribution in [2.75, 3.05) is 0 Å². The van der Waals surface area contributed by atoms with E-state index >= 15 is 0 Å². The molecule has 2 rings (SSSR count). The molecule has 1 aromatic heterocycles. The molecule has 1 unspecified atom stereocenters. The summed E-state index contributed by atoms with van der Waals surface area (Å²) >= 11 is 0. The highest BCUT2D eigenvalue weighted by Crippen LogP contribution is 2.20. The molecule has 0 radical (unpaired) electrons. The molecule has 1 aromatic carbocycles. The summed E-state index contributed by atoms with van der Waals surface area (Å²) in [4.78, 5) is 16.1. The van der Waals surface area contributed by atoms with Crippen molar-refractivity contribution in [3.8, 4) is 5.75 Å². The summed E-state index contributed by atoms with van der Waals surface area (Å²) < 4.78 is 0. The van der Waals surface area contributed by atoms with E-state index < -0.39 is 0 Å². The zero-order valence-electron chi connectivity index (χ0n) is 10.9. The molecule has 0 aliphatic carbocycles. The van der Waals surface area contributed by atoms with Gasteiger partial charge >= 0.3 is 0 Å². The van der Waals surface area contributed by atoms with Gasteiger partial charge in [-0.3, -0.25) is 9.78 Å².